The molecule has 0 spiro atoms. The van der Waals surface area contributed by atoms with Crippen molar-refractivity contribution in [3.05, 3.63) is 40.9 Å². The fraction of sp³-hybridized carbons (Fsp3) is 0.545. The van der Waals surface area contributed by atoms with Gasteiger partial charge < -0.3 is 15.3 Å². The number of nitrogens with zero attached hydrogens (tertiary/aromatic N) is 3. The average molecular weight is 415 g/mol. The lowest BCUT2D eigenvalue weighted by Gasteiger charge is -2.41. The highest BCUT2D eigenvalue weighted by Crippen LogP contribution is 2.28. The second kappa shape index (κ2) is 9.13. The van der Waals surface area contributed by atoms with Crippen LogP contribution in [0.15, 0.2) is 30.5 Å². The van der Waals surface area contributed by atoms with E-state index in [1.807, 2.05) is 6.07 Å². The number of thiazole rings is 1. The maximum atomic E-state index is 12.5. The molecule has 0 aliphatic carbocycles. The summed E-state index contributed by atoms with van der Waals surface area (Å²) < 4.78 is 0. The van der Waals surface area contributed by atoms with Gasteiger partial charge in [-0.25, -0.2) is 4.98 Å². The first-order chi connectivity index (χ1) is 14.1. The number of phenols is 1. The van der Waals surface area contributed by atoms with E-state index in [0.29, 0.717) is 17.5 Å². The van der Waals surface area contributed by atoms with Crippen LogP contribution < -0.4 is 10.2 Å². The number of aromatic hydroxyl groups is 1. The molecule has 0 radical (unpaired) electrons. The minimum Gasteiger partial charge on any atom is -0.508 e. The van der Waals surface area contributed by atoms with Gasteiger partial charge in [0.1, 0.15) is 10.6 Å². The smallest absolute Gasteiger partial charge is 0.263 e. The summed E-state index contributed by atoms with van der Waals surface area (Å²) >= 11 is 1.46. The topological polar surface area (TPSA) is 68.7 Å². The number of carbonyl (C=O) groups is 1. The predicted molar refractivity (Wildman–Crippen MR) is 117 cm³/mol. The number of likely N-dealkylation sites (tertiary alicyclic amines) is 1. The summed E-state index contributed by atoms with van der Waals surface area (Å²) in [5.74, 6) is 0.912. The molecule has 3 heterocycles. The second-order valence-electron chi connectivity index (χ2n) is 8.32. The first kappa shape index (κ1) is 20.2. The van der Waals surface area contributed by atoms with Crippen molar-refractivity contribution in [3.63, 3.8) is 0 Å². The zero-order chi connectivity index (χ0) is 20.2. The molecule has 2 fully saturated rings. The molecule has 156 valence electrons. The van der Waals surface area contributed by atoms with Gasteiger partial charge in [0.05, 0.1) is 6.20 Å². The Morgan fingerprint density at radius 2 is 2.10 bits per heavy atom. The third-order valence-corrected chi connectivity index (χ3v) is 7.08. The quantitative estimate of drug-likeness (QED) is 0.784. The molecule has 7 heteroatoms. The highest BCUT2D eigenvalue weighted by atomic mass is 32.1. The van der Waals surface area contributed by atoms with E-state index in [0.717, 1.165) is 29.7 Å². The van der Waals surface area contributed by atoms with Crippen molar-refractivity contribution >= 4 is 22.4 Å². The zero-order valence-electron chi connectivity index (χ0n) is 17.0. The summed E-state index contributed by atoms with van der Waals surface area (Å²) in [6.07, 6.45) is 6.71. The fourth-order valence-corrected chi connectivity index (χ4v) is 5.32. The Labute approximate surface area is 176 Å². The van der Waals surface area contributed by atoms with E-state index >= 15 is 0 Å². The number of hydrogen-bond acceptors (Lipinski definition) is 6. The molecular formula is C22H30N4O2S. The summed E-state index contributed by atoms with van der Waals surface area (Å²) in [6, 6.07) is 7.63. The van der Waals surface area contributed by atoms with Gasteiger partial charge in [-0.2, -0.15) is 0 Å². The van der Waals surface area contributed by atoms with Gasteiger partial charge in [-0.3, -0.25) is 9.69 Å². The lowest BCUT2D eigenvalue weighted by Crippen LogP contribution is -2.48. The van der Waals surface area contributed by atoms with Gasteiger partial charge in [-0.15, -0.1) is 0 Å². The number of carbonyl (C=O) groups excluding carboxylic acids is 1. The molecular weight excluding hydrogens is 384 g/mol. The monoisotopic (exact) mass is 414 g/mol. The van der Waals surface area contributed by atoms with E-state index in [-0.39, 0.29) is 11.7 Å². The Bertz CT molecular complexity index is 832. The average Bonchev–Trinajstić information content (AvgIpc) is 3.23. The van der Waals surface area contributed by atoms with Gasteiger partial charge in [0, 0.05) is 32.2 Å². The van der Waals surface area contributed by atoms with Crippen molar-refractivity contribution < 1.29 is 9.90 Å². The first-order valence-corrected chi connectivity index (χ1v) is 11.4. The standard InChI is InChI=1S/C22H30N4O2S/c1-16-4-3-9-26(15-16)18-7-10-25(11-8-18)22-24-14-20(29-22)21(28)23-13-17-5-2-6-19(27)12-17/h2,5-6,12,14,16,18,27H,3-4,7-11,13,15H2,1H3,(H,23,28)/t16-/m1/s1. The molecule has 0 unspecified atom stereocenters. The number of piperidine rings is 2. The van der Waals surface area contributed by atoms with Crippen LogP contribution in [0.2, 0.25) is 0 Å². The van der Waals surface area contributed by atoms with Crippen molar-refractivity contribution in [2.45, 2.75) is 45.2 Å². The van der Waals surface area contributed by atoms with Gasteiger partial charge >= 0.3 is 0 Å². The number of benzene rings is 1. The van der Waals surface area contributed by atoms with E-state index in [2.05, 4.69) is 27.0 Å². The summed E-state index contributed by atoms with van der Waals surface area (Å²) in [4.78, 5) is 22.6. The van der Waals surface area contributed by atoms with Gasteiger partial charge in [0.15, 0.2) is 5.13 Å². The van der Waals surface area contributed by atoms with Crippen molar-refractivity contribution in [1.82, 2.24) is 15.2 Å². The summed E-state index contributed by atoms with van der Waals surface area (Å²) in [7, 11) is 0. The van der Waals surface area contributed by atoms with Crippen LogP contribution >= 0.6 is 11.3 Å². The van der Waals surface area contributed by atoms with Crippen molar-refractivity contribution in [3.8, 4) is 5.75 Å². The number of amides is 1. The van der Waals surface area contributed by atoms with Gasteiger partial charge in [0.25, 0.3) is 5.91 Å². The van der Waals surface area contributed by atoms with Crippen molar-refractivity contribution in [2.75, 3.05) is 31.1 Å². The summed E-state index contributed by atoms with van der Waals surface area (Å²) in [5, 5.41) is 13.4. The highest BCUT2D eigenvalue weighted by molar-refractivity contribution is 7.17. The molecule has 2 saturated heterocycles. The molecule has 0 saturated carbocycles. The molecule has 4 rings (SSSR count). The van der Waals surface area contributed by atoms with Crippen LogP contribution in [-0.4, -0.2) is 53.1 Å². The van der Waals surface area contributed by atoms with Gasteiger partial charge in [-0.1, -0.05) is 30.4 Å². The normalized spacial score (nSPS) is 21.3. The van der Waals surface area contributed by atoms with Crippen LogP contribution in [0, 0.1) is 5.92 Å². The second-order valence-corrected chi connectivity index (χ2v) is 9.33. The lowest BCUT2D eigenvalue weighted by atomic mass is 9.95. The molecule has 1 amide bonds. The van der Waals surface area contributed by atoms with Gasteiger partial charge in [0.2, 0.25) is 0 Å². The number of aromatic nitrogens is 1. The Morgan fingerprint density at radius 1 is 1.28 bits per heavy atom. The largest absolute Gasteiger partial charge is 0.508 e. The number of phenolic OH excluding ortho intramolecular Hbond substituents is 1. The summed E-state index contributed by atoms with van der Waals surface area (Å²) in [5.41, 5.74) is 0.872. The summed E-state index contributed by atoms with van der Waals surface area (Å²) in [6.45, 7) is 7.26. The van der Waals surface area contributed by atoms with Crippen LogP contribution in [0.25, 0.3) is 0 Å². The molecule has 29 heavy (non-hydrogen) atoms. The van der Waals surface area contributed by atoms with Crippen LogP contribution in [0.1, 0.15) is 47.8 Å². The molecule has 2 aliphatic heterocycles. The van der Waals surface area contributed by atoms with Gasteiger partial charge in [-0.05, 0) is 55.8 Å². The SMILES string of the molecule is C[C@@H]1CCCN(C2CCN(c3ncc(C(=O)NCc4cccc(O)c4)s3)CC2)C1. The molecule has 6 nitrogen and oxygen atoms in total. The number of anilines is 1. The van der Waals surface area contributed by atoms with E-state index in [4.69, 9.17) is 0 Å². The van der Waals surface area contributed by atoms with E-state index in [1.165, 1.54) is 50.1 Å². The van der Waals surface area contributed by atoms with E-state index < -0.39 is 0 Å². The first-order valence-electron chi connectivity index (χ1n) is 10.6. The minimum absolute atomic E-state index is 0.116. The molecule has 1 atom stereocenters. The molecule has 2 aromatic rings. The third-order valence-electron chi connectivity index (χ3n) is 6.02. The van der Waals surface area contributed by atoms with E-state index in [1.54, 1.807) is 24.4 Å². The Balaban J connectivity index is 1.28. The number of hydrogen-bond donors (Lipinski definition) is 2. The van der Waals surface area contributed by atoms with E-state index in [9.17, 15) is 9.90 Å². The molecule has 1 aromatic heterocycles. The van der Waals surface area contributed by atoms with Crippen LogP contribution in [0.4, 0.5) is 5.13 Å². The number of nitrogens with one attached hydrogen (secondary N) is 1. The highest BCUT2D eigenvalue weighted by Gasteiger charge is 2.28. The maximum absolute atomic E-state index is 12.5. The Morgan fingerprint density at radius 3 is 2.86 bits per heavy atom. The van der Waals surface area contributed by atoms with Crippen molar-refractivity contribution in [2.24, 2.45) is 5.92 Å². The number of rotatable bonds is 5. The molecule has 2 N–H and O–H groups in total. The van der Waals surface area contributed by atoms with Crippen LogP contribution in [0.3, 0.4) is 0 Å². The predicted octanol–water partition coefficient (Wildman–Crippen LogP) is 3.48. The maximum Gasteiger partial charge on any atom is 0.263 e. The molecule has 1 aromatic carbocycles. The van der Waals surface area contributed by atoms with Crippen molar-refractivity contribution in [1.29, 1.82) is 0 Å². The lowest BCUT2D eigenvalue weighted by molar-refractivity contribution is 0.0954. The van der Waals surface area contributed by atoms with Crippen LogP contribution in [0.5, 0.6) is 5.75 Å². The molecule has 0 bridgehead atoms. The Hall–Kier alpha value is -2.12. The minimum atomic E-state index is -0.116. The molecule has 2 aliphatic rings. The third kappa shape index (κ3) is 5.08. The van der Waals surface area contributed by atoms with Crippen LogP contribution in [-0.2, 0) is 6.54 Å². The zero-order valence-corrected chi connectivity index (χ0v) is 17.8. The fourth-order valence-electron chi connectivity index (χ4n) is 4.43. The Kier molecular flexibility index (Phi) is 6.35.